The SMILES string of the molecule is COc1nc(C2(O)CCN(C(C)=O)CC2)cc2/c(=N/[C@H](C)c3cccc(C(F)(F)F)c3C)ncn(C)c12. The standard InChI is InChI=1S/C26H30F3N5O3/c1-15-18(7-6-8-20(15)26(27,28)29)16(2)31-23-19-13-21(25(36)9-11-34(12-10-25)17(3)35)32-24(37-5)22(19)33(4)14-30-23/h6-8,13-14,16,36H,9-12H2,1-5H3/b31-23-/t16-/m1/s1. The van der Waals surface area contributed by atoms with E-state index in [0.717, 1.165) is 6.07 Å². The molecule has 1 amide bonds. The zero-order valence-electron chi connectivity index (χ0n) is 21.4. The third kappa shape index (κ3) is 5.04. The third-order valence-electron chi connectivity index (χ3n) is 7.06. The van der Waals surface area contributed by atoms with Crippen LogP contribution in [0.2, 0.25) is 0 Å². The molecule has 0 unspecified atom stereocenters. The largest absolute Gasteiger partial charge is 0.479 e. The van der Waals surface area contributed by atoms with Crippen molar-refractivity contribution in [1.29, 1.82) is 0 Å². The number of benzene rings is 1. The number of amides is 1. The molecule has 4 rings (SSSR count). The van der Waals surface area contributed by atoms with Crippen LogP contribution in [-0.2, 0) is 23.6 Å². The Labute approximate surface area is 212 Å². The molecule has 0 saturated carbocycles. The number of carbonyl (C=O) groups excluding carboxylic acids is 1. The number of hydrogen-bond donors (Lipinski definition) is 1. The summed E-state index contributed by atoms with van der Waals surface area (Å²) in [6.07, 6.45) is -2.33. The van der Waals surface area contributed by atoms with Crippen LogP contribution in [0.1, 0.15) is 55.1 Å². The molecule has 1 aliphatic heterocycles. The van der Waals surface area contributed by atoms with E-state index in [1.54, 1.807) is 35.6 Å². The first-order valence-corrected chi connectivity index (χ1v) is 11.9. The summed E-state index contributed by atoms with van der Waals surface area (Å²) in [5, 5.41) is 12.0. The molecular weight excluding hydrogens is 487 g/mol. The van der Waals surface area contributed by atoms with Gasteiger partial charge in [-0.15, -0.1) is 0 Å². The van der Waals surface area contributed by atoms with Crippen molar-refractivity contribution in [2.45, 2.75) is 51.4 Å². The van der Waals surface area contributed by atoms with E-state index < -0.39 is 23.4 Å². The van der Waals surface area contributed by atoms with Crippen LogP contribution in [0.3, 0.4) is 0 Å². The van der Waals surface area contributed by atoms with Crippen molar-refractivity contribution in [2.75, 3.05) is 20.2 Å². The molecule has 3 aromatic rings. The first-order valence-electron chi connectivity index (χ1n) is 11.9. The lowest BCUT2D eigenvalue weighted by Crippen LogP contribution is -2.44. The van der Waals surface area contributed by atoms with Crippen molar-refractivity contribution in [1.82, 2.24) is 19.4 Å². The van der Waals surface area contributed by atoms with Gasteiger partial charge in [0.15, 0.2) is 5.49 Å². The molecule has 0 bridgehead atoms. The van der Waals surface area contributed by atoms with Gasteiger partial charge in [0.2, 0.25) is 11.8 Å². The number of halogens is 3. The number of aromatic nitrogens is 3. The van der Waals surface area contributed by atoms with Crippen LogP contribution in [0, 0.1) is 6.92 Å². The van der Waals surface area contributed by atoms with E-state index in [-0.39, 0.29) is 17.4 Å². The van der Waals surface area contributed by atoms with Crippen LogP contribution in [-0.4, -0.2) is 50.6 Å². The fourth-order valence-electron chi connectivity index (χ4n) is 4.89. The number of fused-ring (bicyclic) bond motifs is 1. The number of piperidine rings is 1. The lowest BCUT2D eigenvalue weighted by molar-refractivity contribution is -0.138. The minimum atomic E-state index is -4.47. The summed E-state index contributed by atoms with van der Waals surface area (Å²) in [4.78, 5) is 27.1. The van der Waals surface area contributed by atoms with Gasteiger partial charge in [-0.05, 0) is 49.9 Å². The molecule has 37 heavy (non-hydrogen) atoms. The highest BCUT2D eigenvalue weighted by atomic mass is 19.4. The van der Waals surface area contributed by atoms with Crippen molar-refractivity contribution >= 4 is 16.8 Å². The second-order valence-electron chi connectivity index (χ2n) is 9.45. The number of aliphatic hydroxyl groups is 1. The van der Waals surface area contributed by atoms with Crippen molar-refractivity contribution in [3.63, 3.8) is 0 Å². The Bertz CT molecular complexity index is 1410. The van der Waals surface area contributed by atoms with E-state index in [4.69, 9.17) is 9.73 Å². The smallest absolute Gasteiger partial charge is 0.416 e. The van der Waals surface area contributed by atoms with Gasteiger partial charge in [0, 0.05) is 27.1 Å². The van der Waals surface area contributed by atoms with E-state index in [1.165, 1.54) is 33.4 Å². The highest BCUT2D eigenvalue weighted by molar-refractivity contribution is 5.83. The first kappa shape index (κ1) is 26.6. The molecule has 1 fully saturated rings. The maximum Gasteiger partial charge on any atom is 0.416 e. The first-order chi connectivity index (χ1) is 17.4. The molecule has 2 aromatic heterocycles. The molecule has 0 spiro atoms. The molecule has 1 aliphatic rings. The molecule has 11 heteroatoms. The molecular formula is C26H30F3N5O3. The highest BCUT2D eigenvalue weighted by Crippen LogP contribution is 2.36. The predicted molar refractivity (Wildman–Crippen MR) is 131 cm³/mol. The van der Waals surface area contributed by atoms with Crippen molar-refractivity contribution in [3.05, 3.63) is 58.5 Å². The Balaban J connectivity index is 1.86. The molecule has 1 saturated heterocycles. The van der Waals surface area contributed by atoms with E-state index >= 15 is 0 Å². The number of nitrogens with zero attached hydrogens (tertiary/aromatic N) is 5. The molecule has 1 N–H and O–H groups in total. The van der Waals surface area contributed by atoms with Gasteiger partial charge in [-0.1, -0.05) is 12.1 Å². The number of rotatable bonds is 4. The summed E-state index contributed by atoms with van der Waals surface area (Å²) < 4.78 is 47.7. The molecule has 1 atom stereocenters. The van der Waals surface area contributed by atoms with Gasteiger partial charge in [-0.3, -0.25) is 9.79 Å². The Kier molecular flexibility index (Phi) is 7.02. The summed E-state index contributed by atoms with van der Waals surface area (Å²) in [6, 6.07) is 5.14. The lowest BCUT2D eigenvalue weighted by Gasteiger charge is -2.37. The topological polar surface area (TPSA) is 92.8 Å². The fourth-order valence-corrected chi connectivity index (χ4v) is 4.89. The van der Waals surface area contributed by atoms with Gasteiger partial charge < -0.3 is 19.3 Å². The molecule has 3 heterocycles. The Morgan fingerprint density at radius 3 is 2.54 bits per heavy atom. The van der Waals surface area contributed by atoms with Crippen LogP contribution in [0.4, 0.5) is 13.2 Å². The highest BCUT2D eigenvalue weighted by Gasteiger charge is 2.37. The zero-order valence-corrected chi connectivity index (χ0v) is 21.4. The van der Waals surface area contributed by atoms with E-state index in [0.29, 0.717) is 53.6 Å². The van der Waals surface area contributed by atoms with Gasteiger partial charge in [0.25, 0.3) is 0 Å². The summed E-state index contributed by atoms with van der Waals surface area (Å²) >= 11 is 0. The Morgan fingerprint density at radius 2 is 1.95 bits per heavy atom. The van der Waals surface area contributed by atoms with Gasteiger partial charge in [-0.25, -0.2) is 9.97 Å². The van der Waals surface area contributed by atoms with Gasteiger partial charge in [0.1, 0.15) is 11.1 Å². The third-order valence-corrected chi connectivity index (χ3v) is 7.06. The monoisotopic (exact) mass is 517 g/mol. The average Bonchev–Trinajstić information content (AvgIpc) is 2.84. The molecule has 198 valence electrons. The molecule has 0 radical (unpaired) electrons. The van der Waals surface area contributed by atoms with E-state index in [9.17, 15) is 23.1 Å². The van der Waals surface area contributed by atoms with Gasteiger partial charge in [-0.2, -0.15) is 13.2 Å². The number of carbonyl (C=O) groups is 1. The number of methoxy groups -OCH3 is 1. The second kappa shape index (κ2) is 9.77. The summed E-state index contributed by atoms with van der Waals surface area (Å²) in [6.45, 7) is 5.42. The van der Waals surface area contributed by atoms with Crippen molar-refractivity contribution < 1.29 is 27.8 Å². The van der Waals surface area contributed by atoms with Crippen LogP contribution in [0.15, 0.2) is 35.6 Å². The number of ether oxygens (including phenoxy) is 1. The lowest BCUT2D eigenvalue weighted by atomic mass is 9.87. The molecule has 1 aromatic carbocycles. The molecule has 8 nitrogen and oxygen atoms in total. The predicted octanol–water partition coefficient (Wildman–Crippen LogP) is 3.80. The van der Waals surface area contributed by atoms with Crippen LogP contribution in [0.5, 0.6) is 5.88 Å². The Morgan fingerprint density at radius 1 is 1.27 bits per heavy atom. The minimum absolute atomic E-state index is 0.0534. The fraction of sp³-hybridized carbons (Fsp3) is 0.462. The number of hydrogen-bond acceptors (Lipinski definition) is 6. The minimum Gasteiger partial charge on any atom is -0.479 e. The van der Waals surface area contributed by atoms with Crippen molar-refractivity contribution in [3.8, 4) is 5.88 Å². The van der Waals surface area contributed by atoms with Gasteiger partial charge >= 0.3 is 6.18 Å². The second-order valence-corrected chi connectivity index (χ2v) is 9.45. The van der Waals surface area contributed by atoms with E-state index in [2.05, 4.69) is 9.97 Å². The summed E-state index contributed by atoms with van der Waals surface area (Å²) in [5.41, 5.74) is -0.189. The summed E-state index contributed by atoms with van der Waals surface area (Å²) in [5.74, 6) is 0.210. The van der Waals surface area contributed by atoms with E-state index in [1.807, 2.05) is 0 Å². The number of aryl methyl sites for hydroxylation is 1. The van der Waals surface area contributed by atoms with Crippen LogP contribution in [0.25, 0.3) is 10.9 Å². The maximum absolute atomic E-state index is 13.5. The normalized spacial score (nSPS) is 17.2. The zero-order chi connectivity index (χ0) is 27.1. The Hall–Kier alpha value is -3.47. The average molecular weight is 518 g/mol. The van der Waals surface area contributed by atoms with Gasteiger partial charge in [0.05, 0.1) is 36.1 Å². The van der Waals surface area contributed by atoms with Crippen LogP contribution < -0.4 is 10.2 Å². The van der Waals surface area contributed by atoms with Crippen molar-refractivity contribution in [2.24, 2.45) is 12.0 Å². The number of alkyl halides is 3. The maximum atomic E-state index is 13.5. The number of pyridine rings is 1. The van der Waals surface area contributed by atoms with Crippen LogP contribution >= 0.6 is 0 Å². The number of likely N-dealkylation sites (tertiary alicyclic amines) is 1. The quantitative estimate of drug-likeness (QED) is 0.569. The molecule has 0 aliphatic carbocycles. The summed E-state index contributed by atoms with van der Waals surface area (Å²) in [7, 11) is 3.24.